The van der Waals surface area contributed by atoms with E-state index in [1.165, 1.54) is 6.26 Å². The molecule has 0 bridgehead atoms. The second kappa shape index (κ2) is 5.43. The van der Waals surface area contributed by atoms with Crippen LogP contribution in [0.2, 0.25) is 0 Å². The van der Waals surface area contributed by atoms with Gasteiger partial charge >= 0.3 is 0 Å². The van der Waals surface area contributed by atoms with E-state index in [0.29, 0.717) is 25.9 Å². The topological polar surface area (TPSA) is 54.5 Å². The molecule has 2 aliphatic rings. The Kier molecular flexibility index (Phi) is 4.10. The number of allylic oxidation sites excluding steroid dienone is 2. The lowest BCUT2D eigenvalue weighted by Crippen LogP contribution is -2.44. The van der Waals surface area contributed by atoms with E-state index in [4.69, 9.17) is 0 Å². The maximum atomic E-state index is 12.3. The fourth-order valence-electron chi connectivity index (χ4n) is 2.78. The molecule has 1 heterocycles. The summed E-state index contributed by atoms with van der Waals surface area (Å²) in [6.07, 6.45) is 9.43. The van der Waals surface area contributed by atoms with E-state index in [1.54, 1.807) is 0 Å². The Balaban J connectivity index is 1.89. The average molecular weight is 271 g/mol. The van der Waals surface area contributed by atoms with Gasteiger partial charge in [0.15, 0.2) is 0 Å². The van der Waals surface area contributed by atoms with Crippen LogP contribution in [0.3, 0.4) is 0 Å². The molecule has 1 aliphatic carbocycles. The Morgan fingerprint density at radius 1 is 1.17 bits per heavy atom. The summed E-state index contributed by atoms with van der Waals surface area (Å²) >= 11 is 0. The first-order valence-corrected chi connectivity index (χ1v) is 8.56. The lowest BCUT2D eigenvalue weighted by atomic mass is 9.92. The molecular weight excluding hydrogens is 250 g/mol. The first-order chi connectivity index (χ1) is 8.48. The van der Waals surface area contributed by atoms with Crippen molar-refractivity contribution in [1.29, 1.82) is 0 Å². The second-order valence-corrected chi connectivity index (χ2v) is 7.66. The molecule has 1 atom stereocenters. The van der Waals surface area contributed by atoms with Crippen molar-refractivity contribution >= 4 is 15.7 Å². The highest BCUT2D eigenvalue weighted by Crippen LogP contribution is 2.24. The van der Waals surface area contributed by atoms with E-state index in [-0.39, 0.29) is 17.1 Å². The third kappa shape index (κ3) is 3.13. The van der Waals surface area contributed by atoms with Gasteiger partial charge in [-0.2, -0.15) is 0 Å². The van der Waals surface area contributed by atoms with Gasteiger partial charge < -0.3 is 4.90 Å². The zero-order valence-corrected chi connectivity index (χ0v) is 11.7. The number of sulfone groups is 1. The quantitative estimate of drug-likeness (QED) is 0.713. The first-order valence-electron chi connectivity index (χ1n) is 6.61. The smallest absolute Gasteiger partial charge is 0.226 e. The number of hydrogen-bond donors (Lipinski definition) is 0. The average Bonchev–Trinajstić information content (AvgIpc) is 2.38. The van der Waals surface area contributed by atoms with E-state index >= 15 is 0 Å². The van der Waals surface area contributed by atoms with Gasteiger partial charge in [0.25, 0.3) is 0 Å². The summed E-state index contributed by atoms with van der Waals surface area (Å²) in [4.78, 5) is 14.1. The molecule has 0 aromatic rings. The zero-order chi connectivity index (χ0) is 13.2. The summed E-state index contributed by atoms with van der Waals surface area (Å²) in [5, 5.41) is -0.257. The number of nitrogens with zero attached hydrogens (tertiary/aromatic N) is 1. The van der Waals surface area contributed by atoms with Gasteiger partial charge in [0, 0.05) is 25.3 Å². The first kappa shape index (κ1) is 13.6. The van der Waals surface area contributed by atoms with Gasteiger partial charge in [0.1, 0.15) is 9.84 Å². The molecule has 1 unspecified atom stereocenters. The normalized spacial score (nSPS) is 26.3. The van der Waals surface area contributed by atoms with Gasteiger partial charge in [0.2, 0.25) is 5.91 Å². The fourth-order valence-corrected chi connectivity index (χ4v) is 3.85. The van der Waals surface area contributed by atoms with Crippen LogP contribution in [0.1, 0.15) is 32.1 Å². The molecule has 0 N–H and O–H groups in total. The molecule has 0 spiro atoms. The van der Waals surface area contributed by atoms with Gasteiger partial charge in [-0.25, -0.2) is 8.42 Å². The number of carbonyl (C=O) groups excluding carboxylic acids is 1. The summed E-state index contributed by atoms with van der Waals surface area (Å²) in [5.41, 5.74) is 0. The number of carbonyl (C=O) groups is 1. The summed E-state index contributed by atoms with van der Waals surface area (Å²) in [6.45, 7) is 1.19. The molecule has 5 heteroatoms. The van der Waals surface area contributed by atoms with E-state index in [1.807, 2.05) is 4.90 Å². The Hall–Kier alpha value is -0.840. The van der Waals surface area contributed by atoms with Crippen LogP contribution >= 0.6 is 0 Å². The monoisotopic (exact) mass is 271 g/mol. The number of amides is 1. The van der Waals surface area contributed by atoms with Crippen molar-refractivity contribution in [2.75, 3.05) is 19.3 Å². The van der Waals surface area contributed by atoms with Crippen molar-refractivity contribution in [3.63, 3.8) is 0 Å². The summed E-state index contributed by atoms with van der Waals surface area (Å²) in [5.74, 6) is 0.330. The maximum Gasteiger partial charge on any atom is 0.226 e. The Labute approximate surface area is 109 Å². The minimum atomic E-state index is -2.95. The fraction of sp³-hybridized carbons (Fsp3) is 0.769. The van der Waals surface area contributed by atoms with Gasteiger partial charge in [0.05, 0.1) is 5.25 Å². The molecule has 1 amide bonds. The van der Waals surface area contributed by atoms with E-state index < -0.39 is 9.84 Å². The van der Waals surface area contributed by atoms with Crippen LogP contribution in [0, 0.1) is 5.92 Å². The van der Waals surface area contributed by atoms with Gasteiger partial charge in [-0.1, -0.05) is 12.2 Å². The van der Waals surface area contributed by atoms with Gasteiger partial charge in [-0.05, 0) is 32.1 Å². The third-order valence-corrected chi connectivity index (χ3v) is 5.66. The van der Waals surface area contributed by atoms with Crippen LogP contribution in [0.4, 0.5) is 0 Å². The summed E-state index contributed by atoms with van der Waals surface area (Å²) in [6, 6.07) is 0. The number of rotatable bonds is 2. The molecule has 1 fully saturated rings. The predicted molar refractivity (Wildman–Crippen MR) is 70.9 cm³/mol. The van der Waals surface area contributed by atoms with Crippen molar-refractivity contribution < 1.29 is 13.2 Å². The molecule has 102 valence electrons. The lowest BCUT2D eigenvalue weighted by molar-refractivity contribution is -0.136. The van der Waals surface area contributed by atoms with Gasteiger partial charge in [-0.15, -0.1) is 0 Å². The van der Waals surface area contributed by atoms with Crippen LogP contribution in [0.5, 0.6) is 0 Å². The zero-order valence-electron chi connectivity index (χ0n) is 10.8. The van der Waals surface area contributed by atoms with Crippen molar-refractivity contribution in [3.8, 4) is 0 Å². The summed E-state index contributed by atoms with van der Waals surface area (Å²) < 4.78 is 22.9. The minimum Gasteiger partial charge on any atom is -0.342 e. The minimum absolute atomic E-state index is 0.116. The molecule has 2 rings (SSSR count). The molecule has 18 heavy (non-hydrogen) atoms. The molecule has 1 saturated heterocycles. The van der Waals surface area contributed by atoms with E-state index in [9.17, 15) is 13.2 Å². The predicted octanol–water partition coefficient (Wildman–Crippen LogP) is 1.38. The van der Waals surface area contributed by atoms with Crippen molar-refractivity contribution in [3.05, 3.63) is 12.2 Å². The second-order valence-electron chi connectivity index (χ2n) is 5.34. The van der Waals surface area contributed by atoms with Crippen molar-refractivity contribution in [1.82, 2.24) is 4.90 Å². The molecule has 0 aromatic carbocycles. The van der Waals surface area contributed by atoms with Crippen molar-refractivity contribution in [2.45, 2.75) is 37.4 Å². The van der Waals surface area contributed by atoms with Crippen LogP contribution in [-0.2, 0) is 14.6 Å². The van der Waals surface area contributed by atoms with Crippen molar-refractivity contribution in [2.24, 2.45) is 5.92 Å². The van der Waals surface area contributed by atoms with Crippen LogP contribution in [-0.4, -0.2) is 43.8 Å². The summed E-state index contributed by atoms with van der Waals surface area (Å²) in [7, 11) is -2.95. The van der Waals surface area contributed by atoms with Gasteiger partial charge in [-0.3, -0.25) is 4.79 Å². The Morgan fingerprint density at radius 3 is 2.33 bits per heavy atom. The largest absolute Gasteiger partial charge is 0.342 e. The highest BCUT2D eigenvalue weighted by atomic mass is 32.2. The van der Waals surface area contributed by atoms with Crippen LogP contribution < -0.4 is 0 Å². The maximum absolute atomic E-state index is 12.3. The Bertz CT molecular complexity index is 433. The Morgan fingerprint density at radius 2 is 1.83 bits per heavy atom. The SMILES string of the molecule is CS(=O)(=O)C1CCN(C(=O)C2CC=CCC2)CC1. The molecule has 0 saturated carbocycles. The number of likely N-dealkylation sites (tertiary alicyclic amines) is 1. The highest BCUT2D eigenvalue weighted by Gasteiger charge is 2.31. The van der Waals surface area contributed by atoms with E-state index in [2.05, 4.69) is 12.2 Å². The number of hydrogen-bond acceptors (Lipinski definition) is 3. The highest BCUT2D eigenvalue weighted by molar-refractivity contribution is 7.91. The standard InChI is InChI=1S/C13H21NO3S/c1-18(16,17)12-7-9-14(10-8-12)13(15)11-5-3-2-4-6-11/h2-3,11-12H,4-10H2,1H3. The molecule has 1 aliphatic heterocycles. The molecule has 4 nitrogen and oxygen atoms in total. The molecular formula is C13H21NO3S. The number of piperidine rings is 1. The molecule has 0 radical (unpaired) electrons. The van der Waals surface area contributed by atoms with Crippen LogP contribution in [0.25, 0.3) is 0 Å². The third-order valence-electron chi connectivity index (χ3n) is 3.98. The lowest BCUT2D eigenvalue weighted by Gasteiger charge is -2.33. The van der Waals surface area contributed by atoms with E-state index in [0.717, 1.165) is 19.3 Å². The van der Waals surface area contributed by atoms with Crippen LogP contribution in [0.15, 0.2) is 12.2 Å². The molecule has 0 aromatic heterocycles.